The average Bonchev–Trinajstić information content (AvgIpc) is 2.79. The molecule has 0 spiro atoms. The van der Waals surface area contributed by atoms with E-state index in [1.165, 1.54) is 12.1 Å². The van der Waals surface area contributed by atoms with Crippen molar-refractivity contribution in [1.29, 1.82) is 0 Å². The molecule has 28 heavy (non-hydrogen) atoms. The number of piperidine rings is 1. The summed E-state index contributed by atoms with van der Waals surface area (Å²) in [5.41, 5.74) is 2.45. The number of likely N-dealkylation sites (tertiary alicyclic amines) is 1. The summed E-state index contributed by atoms with van der Waals surface area (Å²) >= 11 is 0. The van der Waals surface area contributed by atoms with Crippen LogP contribution in [0.3, 0.4) is 0 Å². The summed E-state index contributed by atoms with van der Waals surface area (Å²) in [6.07, 6.45) is 2.27. The van der Waals surface area contributed by atoms with Gasteiger partial charge in [0.05, 0.1) is 0 Å². The quantitative estimate of drug-likeness (QED) is 0.888. The molecule has 1 N–H and O–H groups in total. The summed E-state index contributed by atoms with van der Waals surface area (Å²) < 4.78 is 0. The second-order valence-electron chi connectivity index (χ2n) is 7.74. The molecule has 0 unspecified atom stereocenters. The van der Waals surface area contributed by atoms with E-state index in [1.54, 1.807) is 0 Å². The second-order valence-corrected chi connectivity index (χ2v) is 7.74. The summed E-state index contributed by atoms with van der Waals surface area (Å²) in [4.78, 5) is 19.7. The zero-order valence-corrected chi connectivity index (χ0v) is 16.5. The number of anilines is 1. The maximum atomic E-state index is 12.6. The van der Waals surface area contributed by atoms with Crippen molar-refractivity contribution in [1.82, 2.24) is 15.1 Å². The Hall–Kier alpha value is -2.53. The molecule has 0 saturated carbocycles. The second kappa shape index (κ2) is 9.11. The molecule has 0 radical (unpaired) electrons. The van der Waals surface area contributed by atoms with Gasteiger partial charge >= 0.3 is 6.03 Å². The van der Waals surface area contributed by atoms with Crippen molar-refractivity contribution in [2.24, 2.45) is 0 Å². The van der Waals surface area contributed by atoms with E-state index in [2.05, 4.69) is 45.4 Å². The first-order chi connectivity index (χ1) is 13.8. The van der Waals surface area contributed by atoms with Crippen molar-refractivity contribution in [2.45, 2.75) is 25.4 Å². The van der Waals surface area contributed by atoms with Gasteiger partial charge in [0.2, 0.25) is 0 Å². The fraction of sp³-hybridized carbons (Fsp3) is 0.435. The number of urea groups is 1. The van der Waals surface area contributed by atoms with Crippen LogP contribution in [-0.4, -0.2) is 61.1 Å². The van der Waals surface area contributed by atoms with Gasteiger partial charge in [-0.05, 0) is 30.5 Å². The van der Waals surface area contributed by atoms with Gasteiger partial charge < -0.3 is 15.1 Å². The lowest BCUT2D eigenvalue weighted by molar-refractivity contribution is 0.104. The molecule has 0 aromatic heterocycles. The predicted molar refractivity (Wildman–Crippen MR) is 114 cm³/mol. The first-order valence-electron chi connectivity index (χ1n) is 10.4. The topological polar surface area (TPSA) is 38.8 Å². The average molecular weight is 379 g/mol. The molecule has 2 aliphatic heterocycles. The summed E-state index contributed by atoms with van der Waals surface area (Å²) in [5.74, 6) is 0. The van der Waals surface area contributed by atoms with Crippen LogP contribution in [0.2, 0.25) is 0 Å². The van der Waals surface area contributed by atoms with E-state index in [0.29, 0.717) is 12.6 Å². The number of hydrogen-bond acceptors (Lipinski definition) is 3. The molecule has 148 valence electrons. The maximum Gasteiger partial charge on any atom is 0.317 e. The Morgan fingerprint density at radius 1 is 0.893 bits per heavy atom. The largest absolute Gasteiger partial charge is 0.369 e. The number of rotatable bonds is 4. The van der Waals surface area contributed by atoms with Crippen LogP contribution in [0.25, 0.3) is 0 Å². The van der Waals surface area contributed by atoms with Crippen LogP contribution >= 0.6 is 0 Å². The number of benzene rings is 2. The molecule has 0 aliphatic carbocycles. The zero-order valence-electron chi connectivity index (χ0n) is 16.5. The van der Waals surface area contributed by atoms with E-state index in [0.717, 1.165) is 51.3 Å². The molecular formula is C23H30N4O. The smallest absolute Gasteiger partial charge is 0.317 e. The first kappa shape index (κ1) is 18.8. The number of para-hydroxylation sites is 1. The predicted octanol–water partition coefficient (Wildman–Crippen LogP) is 3.18. The molecule has 2 fully saturated rings. The number of hydrogen-bond donors (Lipinski definition) is 1. The van der Waals surface area contributed by atoms with Gasteiger partial charge in [-0.1, -0.05) is 48.5 Å². The highest BCUT2D eigenvalue weighted by Gasteiger charge is 2.29. The van der Waals surface area contributed by atoms with Crippen molar-refractivity contribution < 1.29 is 4.79 Å². The van der Waals surface area contributed by atoms with Gasteiger partial charge in [-0.3, -0.25) is 4.90 Å². The summed E-state index contributed by atoms with van der Waals surface area (Å²) in [5, 5.41) is 3.08. The van der Waals surface area contributed by atoms with Crippen LogP contribution in [-0.2, 0) is 6.54 Å². The molecule has 5 heteroatoms. The lowest BCUT2D eigenvalue weighted by atomic mass is 10.0. The molecule has 4 rings (SSSR count). The van der Waals surface area contributed by atoms with Gasteiger partial charge in [-0.15, -0.1) is 0 Å². The van der Waals surface area contributed by atoms with E-state index in [-0.39, 0.29) is 6.03 Å². The number of piperazine rings is 1. The molecule has 2 heterocycles. The van der Waals surface area contributed by atoms with Gasteiger partial charge in [0.1, 0.15) is 0 Å². The van der Waals surface area contributed by atoms with Crippen LogP contribution in [0.15, 0.2) is 60.7 Å². The van der Waals surface area contributed by atoms with Gasteiger partial charge in [-0.25, -0.2) is 4.79 Å². The van der Waals surface area contributed by atoms with Crippen molar-refractivity contribution in [3.05, 3.63) is 66.2 Å². The van der Waals surface area contributed by atoms with E-state index < -0.39 is 0 Å². The van der Waals surface area contributed by atoms with Crippen LogP contribution < -0.4 is 10.2 Å². The minimum absolute atomic E-state index is 0.0662. The number of carbonyl (C=O) groups is 1. The SMILES string of the molecule is O=C(NCc1ccccc1)N1CCC[C@H](N2CCN(c3ccccc3)CC2)C1. The minimum atomic E-state index is 0.0662. The van der Waals surface area contributed by atoms with Gasteiger partial charge in [0.25, 0.3) is 0 Å². The van der Waals surface area contributed by atoms with Crippen LogP contribution in [0.5, 0.6) is 0 Å². The Kier molecular flexibility index (Phi) is 6.12. The summed E-state index contributed by atoms with van der Waals surface area (Å²) in [6, 6.07) is 21.3. The number of carbonyl (C=O) groups excluding carboxylic acids is 1. The van der Waals surface area contributed by atoms with Crippen molar-refractivity contribution in [3.63, 3.8) is 0 Å². The highest BCUT2D eigenvalue weighted by molar-refractivity contribution is 5.74. The molecule has 2 saturated heterocycles. The standard InChI is InChI=1S/C23H30N4O/c28-23(24-18-20-8-3-1-4-9-20)27-13-7-12-22(19-27)26-16-14-25(15-17-26)21-10-5-2-6-11-21/h1-6,8-11,22H,7,12-19H2,(H,24,28)/t22-/m0/s1. The van der Waals surface area contributed by atoms with E-state index in [1.807, 2.05) is 35.2 Å². The Morgan fingerprint density at radius 3 is 2.29 bits per heavy atom. The third-order valence-corrected chi connectivity index (χ3v) is 5.92. The Morgan fingerprint density at radius 2 is 1.57 bits per heavy atom. The Labute approximate surface area is 167 Å². The first-order valence-corrected chi connectivity index (χ1v) is 10.4. The van der Waals surface area contributed by atoms with Gasteiger partial charge in [-0.2, -0.15) is 0 Å². The zero-order chi connectivity index (χ0) is 19.2. The summed E-state index contributed by atoms with van der Waals surface area (Å²) in [7, 11) is 0. The Bertz CT molecular complexity index is 744. The molecule has 2 aliphatic rings. The molecule has 2 aromatic carbocycles. The fourth-order valence-corrected chi connectivity index (χ4v) is 4.31. The van der Waals surface area contributed by atoms with E-state index in [9.17, 15) is 4.79 Å². The maximum absolute atomic E-state index is 12.6. The lowest BCUT2D eigenvalue weighted by Crippen LogP contribution is -2.56. The summed E-state index contributed by atoms with van der Waals surface area (Å²) in [6.45, 7) is 6.54. The third-order valence-electron chi connectivity index (χ3n) is 5.92. The van der Waals surface area contributed by atoms with Crippen LogP contribution in [0.4, 0.5) is 10.5 Å². The molecule has 2 aromatic rings. The van der Waals surface area contributed by atoms with Crippen LogP contribution in [0, 0.1) is 0 Å². The fourth-order valence-electron chi connectivity index (χ4n) is 4.31. The Balaban J connectivity index is 1.26. The third kappa shape index (κ3) is 4.65. The van der Waals surface area contributed by atoms with Gasteiger partial charge in [0, 0.05) is 57.5 Å². The molecule has 2 amide bonds. The van der Waals surface area contributed by atoms with Gasteiger partial charge in [0.15, 0.2) is 0 Å². The number of nitrogens with one attached hydrogen (secondary N) is 1. The minimum Gasteiger partial charge on any atom is -0.369 e. The monoisotopic (exact) mass is 378 g/mol. The molecule has 1 atom stereocenters. The highest BCUT2D eigenvalue weighted by atomic mass is 16.2. The molecular weight excluding hydrogens is 348 g/mol. The van der Waals surface area contributed by atoms with Crippen molar-refractivity contribution >= 4 is 11.7 Å². The number of amides is 2. The normalized spacial score (nSPS) is 20.8. The van der Waals surface area contributed by atoms with Crippen molar-refractivity contribution in [2.75, 3.05) is 44.2 Å². The number of nitrogens with zero attached hydrogens (tertiary/aromatic N) is 3. The van der Waals surface area contributed by atoms with Crippen molar-refractivity contribution in [3.8, 4) is 0 Å². The highest BCUT2D eigenvalue weighted by Crippen LogP contribution is 2.21. The van der Waals surface area contributed by atoms with Crippen LogP contribution in [0.1, 0.15) is 18.4 Å². The molecule has 0 bridgehead atoms. The lowest BCUT2D eigenvalue weighted by Gasteiger charge is -2.43. The van der Waals surface area contributed by atoms with E-state index >= 15 is 0 Å². The molecule has 5 nitrogen and oxygen atoms in total. The van der Waals surface area contributed by atoms with E-state index in [4.69, 9.17) is 0 Å².